The summed E-state index contributed by atoms with van der Waals surface area (Å²) in [5, 5.41) is 9.63. The van der Waals surface area contributed by atoms with Gasteiger partial charge in [0, 0.05) is 29.7 Å². The Morgan fingerprint density at radius 1 is 1.07 bits per heavy atom. The molecule has 0 saturated heterocycles. The molecular formula is C22H20N2O4S. The van der Waals surface area contributed by atoms with Crippen LogP contribution in [0.5, 0.6) is 5.75 Å². The number of aromatic nitrogens is 2. The first kappa shape index (κ1) is 19.3. The number of benzene rings is 2. The summed E-state index contributed by atoms with van der Waals surface area (Å²) in [5.74, 6) is 2.04. The molecule has 1 atom stereocenters. The molecular weight excluding hydrogens is 388 g/mol. The van der Waals surface area contributed by atoms with Crippen LogP contribution in [-0.2, 0) is 12.2 Å². The van der Waals surface area contributed by atoms with Gasteiger partial charge in [0.1, 0.15) is 11.3 Å². The van der Waals surface area contributed by atoms with Gasteiger partial charge in [0.05, 0.1) is 7.11 Å². The van der Waals surface area contributed by atoms with Crippen molar-refractivity contribution in [2.45, 2.75) is 30.2 Å². The molecule has 6 nitrogen and oxygen atoms in total. The maximum Gasteiger partial charge on any atom is 0.336 e. The van der Waals surface area contributed by atoms with Gasteiger partial charge in [-0.15, -0.1) is 10.2 Å². The van der Waals surface area contributed by atoms with Crippen LogP contribution in [0.25, 0.3) is 11.0 Å². The predicted molar refractivity (Wildman–Crippen MR) is 111 cm³/mol. The Labute approximate surface area is 171 Å². The summed E-state index contributed by atoms with van der Waals surface area (Å²) in [6.45, 7) is 2.13. The number of hydrogen-bond acceptors (Lipinski definition) is 7. The monoisotopic (exact) mass is 408 g/mol. The zero-order valence-corrected chi connectivity index (χ0v) is 16.9. The van der Waals surface area contributed by atoms with Crippen LogP contribution >= 0.6 is 11.8 Å². The number of nitrogens with zero attached hydrogens (tertiary/aromatic N) is 2. The fourth-order valence-corrected chi connectivity index (χ4v) is 3.91. The highest BCUT2D eigenvalue weighted by molar-refractivity contribution is 7.98. The minimum absolute atomic E-state index is 0.284. The van der Waals surface area contributed by atoms with E-state index in [1.165, 1.54) is 23.4 Å². The normalized spacial score (nSPS) is 12.2. The molecule has 0 aliphatic carbocycles. The Balaban J connectivity index is 1.47. The molecule has 0 aliphatic heterocycles. The maximum atomic E-state index is 11.9. The minimum atomic E-state index is -0.399. The Morgan fingerprint density at radius 2 is 1.90 bits per heavy atom. The van der Waals surface area contributed by atoms with Crippen molar-refractivity contribution in [3.63, 3.8) is 0 Å². The van der Waals surface area contributed by atoms with E-state index in [4.69, 9.17) is 13.6 Å². The van der Waals surface area contributed by atoms with Gasteiger partial charge in [-0.1, -0.05) is 49.0 Å². The highest BCUT2D eigenvalue weighted by Crippen LogP contribution is 2.28. The number of methoxy groups -OCH3 is 1. The average Bonchev–Trinajstić information content (AvgIpc) is 3.19. The summed E-state index contributed by atoms with van der Waals surface area (Å²) in [7, 11) is 1.57. The average molecular weight is 408 g/mol. The molecule has 2 aromatic carbocycles. The topological polar surface area (TPSA) is 78.4 Å². The Kier molecular flexibility index (Phi) is 5.67. The third-order valence-electron chi connectivity index (χ3n) is 4.69. The van der Waals surface area contributed by atoms with Crippen LogP contribution in [-0.4, -0.2) is 17.3 Å². The van der Waals surface area contributed by atoms with Gasteiger partial charge < -0.3 is 13.6 Å². The SMILES string of the molecule is COc1ccc2c(CSc3nnc(CC(C)c4ccccc4)o3)cc(=O)oc2c1. The second-order valence-electron chi connectivity index (χ2n) is 6.72. The van der Waals surface area contributed by atoms with Crippen LogP contribution in [0.3, 0.4) is 0 Å². The van der Waals surface area contributed by atoms with E-state index >= 15 is 0 Å². The fraction of sp³-hybridized carbons (Fsp3) is 0.227. The predicted octanol–water partition coefficient (Wildman–Crippen LogP) is 4.82. The molecule has 1 unspecified atom stereocenters. The molecule has 0 fully saturated rings. The lowest BCUT2D eigenvalue weighted by atomic mass is 9.98. The van der Waals surface area contributed by atoms with Gasteiger partial charge in [0.25, 0.3) is 5.22 Å². The second kappa shape index (κ2) is 8.53. The lowest BCUT2D eigenvalue weighted by Crippen LogP contribution is -2.00. The minimum Gasteiger partial charge on any atom is -0.497 e. The maximum absolute atomic E-state index is 11.9. The van der Waals surface area contributed by atoms with E-state index in [0.717, 1.165) is 10.9 Å². The van der Waals surface area contributed by atoms with Crippen LogP contribution in [0.2, 0.25) is 0 Å². The highest BCUT2D eigenvalue weighted by Gasteiger charge is 2.14. The smallest absolute Gasteiger partial charge is 0.336 e. The molecule has 0 aliphatic rings. The van der Waals surface area contributed by atoms with E-state index in [9.17, 15) is 4.79 Å². The molecule has 29 heavy (non-hydrogen) atoms. The first-order valence-electron chi connectivity index (χ1n) is 9.23. The van der Waals surface area contributed by atoms with E-state index in [1.54, 1.807) is 13.2 Å². The Hall–Kier alpha value is -3.06. The van der Waals surface area contributed by atoms with Crippen molar-refractivity contribution >= 4 is 22.7 Å². The van der Waals surface area contributed by atoms with Gasteiger partial charge in [-0.2, -0.15) is 0 Å². The van der Waals surface area contributed by atoms with Crippen molar-refractivity contribution in [1.82, 2.24) is 10.2 Å². The van der Waals surface area contributed by atoms with Crippen LogP contribution in [0.1, 0.15) is 29.9 Å². The lowest BCUT2D eigenvalue weighted by Gasteiger charge is -2.08. The second-order valence-corrected chi connectivity index (χ2v) is 7.65. The first-order valence-corrected chi connectivity index (χ1v) is 10.2. The number of ether oxygens (including phenoxy) is 1. The van der Waals surface area contributed by atoms with E-state index in [-0.39, 0.29) is 5.92 Å². The summed E-state index contributed by atoms with van der Waals surface area (Å²) in [6, 6.07) is 17.2. The third-order valence-corrected chi connectivity index (χ3v) is 5.55. The van der Waals surface area contributed by atoms with E-state index in [1.807, 2.05) is 30.3 Å². The number of fused-ring (bicyclic) bond motifs is 1. The quantitative estimate of drug-likeness (QED) is 0.320. The molecule has 2 heterocycles. The van der Waals surface area contributed by atoms with Gasteiger partial charge >= 0.3 is 5.63 Å². The molecule has 0 bridgehead atoms. The first-order chi connectivity index (χ1) is 14.1. The molecule has 0 spiro atoms. The van der Waals surface area contributed by atoms with Crippen LogP contribution in [0, 0.1) is 0 Å². The zero-order chi connectivity index (χ0) is 20.2. The Bertz CT molecular complexity index is 1170. The number of thioether (sulfide) groups is 1. The molecule has 2 aromatic heterocycles. The molecule has 4 aromatic rings. The van der Waals surface area contributed by atoms with Crippen molar-refractivity contribution in [2.24, 2.45) is 0 Å². The van der Waals surface area contributed by atoms with Crippen molar-refractivity contribution in [2.75, 3.05) is 7.11 Å². The summed E-state index contributed by atoms with van der Waals surface area (Å²) >= 11 is 1.40. The summed E-state index contributed by atoms with van der Waals surface area (Å²) in [5.41, 5.74) is 2.18. The van der Waals surface area contributed by atoms with Crippen molar-refractivity contribution in [1.29, 1.82) is 0 Å². The van der Waals surface area contributed by atoms with E-state index in [2.05, 4.69) is 29.3 Å². The third kappa shape index (κ3) is 4.51. The zero-order valence-electron chi connectivity index (χ0n) is 16.1. The van der Waals surface area contributed by atoms with Crippen LogP contribution in [0.4, 0.5) is 0 Å². The summed E-state index contributed by atoms with van der Waals surface area (Å²) in [6.07, 6.45) is 0.676. The molecule has 0 N–H and O–H groups in total. The largest absolute Gasteiger partial charge is 0.497 e. The summed E-state index contributed by atoms with van der Waals surface area (Å²) < 4.78 is 16.3. The molecule has 0 radical (unpaired) electrons. The van der Waals surface area contributed by atoms with Gasteiger partial charge in [0.15, 0.2) is 0 Å². The van der Waals surface area contributed by atoms with E-state index < -0.39 is 5.63 Å². The molecule has 0 saturated carbocycles. The molecule has 4 rings (SSSR count). The number of hydrogen-bond donors (Lipinski definition) is 0. The van der Waals surface area contributed by atoms with Gasteiger partial charge in [-0.25, -0.2) is 4.79 Å². The standard InChI is InChI=1S/C22H20N2O4S/c1-14(15-6-4-3-5-7-15)10-20-23-24-22(28-20)29-13-16-11-21(25)27-19-12-17(26-2)8-9-18(16)19/h3-9,11-12,14H,10,13H2,1-2H3. The van der Waals surface area contributed by atoms with Crippen LogP contribution in [0.15, 0.2) is 73.4 Å². The molecule has 0 amide bonds. The summed E-state index contributed by atoms with van der Waals surface area (Å²) in [4.78, 5) is 11.9. The number of rotatable bonds is 7. The van der Waals surface area contributed by atoms with Crippen molar-refractivity contribution in [3.05, 3.63) is 82.0 Å². The lowest BCUT2D eigenvalue weighted by molar-refractivity contribution is 0.404. The van der Waals surface area contributed by atoms with Gasteiger partial charge in [0.2, 0.25) is 5.89 Å². The Morgan fingerprint density at radius 3 is 2.69 bits per heavy atom. The van der Waals surface area contributed by atoms with Crippen molar-refractivity contribution in [3.8, 4) is 5.75 Å². The van der Waals surface area contributed by atoms with Gasteiger partial charge in [-0.3, -0.25) is 0 Å². The van der Waals surface area contributed by atoms with Crippen LogP contribution < -0.4 is 10.4 Å². The fourth-order valence-electron chi connectivity index (χ4n) is 3.14. The van der Waals surface area contributed by atoms with Crippen molar-refractivity contribution < 1.29 is 13.6 Å². The van der Waals surface area contributed by atoms with E-state index in [0.29, 0.717) is 34.6 Å². The highest BCUT2D eigenvalue weighted by atomic mass is 32.2. The molecule has 148 valence electrons. The van der Waals surface area contributed by atoms with Gasteiger partial charge in [-0.05, 0) is 29.2 Å². The molecule has 7 heteroatoms.